The summed E-state index contributed by atoms with van der Waals surface area (Å²) in [4.78, 5) is 22.5. The van der Waals surface area contributed by atoms with Crippen LogP contribution < -0.4 is 15.4 Å². The fourth-order valence-electron chi connectivity index (χ4n) is 1.71. The van der Waals surface area contributed by atoms with Crippen LogP contribution in [-0.2, 0) is 11.2 Å². The summed E-state index contributed by atoms with van der Waals surface area (Å²) in [5.41, 5.74) is 1.05. The minimum absolute atomic E-state index is 0.182. The van der Waals surface area contributed by atoms with E-state index in [2.05, 4.69) is 17.2 Å². The molecular weight excluding hydrogens is 272 g/mol. The van der Waals surface area contributed by atoms with E-state index in [0.717, 1.165) is 11.3 Å². The van der Waals surface area contributed by atoms with Gasteiger partial charge in [-0.05, 0) is 30.5 Å². The van der Waals surface area contributed by atoms with Gasteiger partial charge in [0.05, 0.1) is 7.11 Å². The summed E-state index contributed by atoms with van der Waals surface area (Å²) in [5, 5.41) is 13.9. The maximum Gasteiger partial charge on any atom is 0.326 e. The molecule has 0 aliphatic carbocycles. The summed E-state index contributed by atoms with van der Waals surface area (Å²) in [7, 11) is 1.60. The Balaban J connectivity index is 2.35. The maximum atomic E-state index is 11.6. The van der Waals surface area contributed by atoms with Crippen molar-refractivity contribution in [2.75, 3.05) is 13.7 Å². The van der Waals surface area contributed by atoms with Gasteiger partial charge < -0.3 is 20.5 Å². The Kier molecular flexibility index (Phi) is 6.80. The third-order valence-corrected chi connectivity index (χ3v) is 2.86. The van der Waals surface area contributed by atoms with Gasteiger partial charge in [-0.25, -0.2) is 9.59 Å². The molecule has 0 heterocycles. The number of aliphatic carboxylic acids is 1. The van der Waals surface area contributed by atoms with Gasteiger partial charge in [-0.2, -0.15) is 0 Å². The van der Waals surface area contributed by atoms with E-state index in [1.165, 1.54) is 6.08 Å². The van der Waals surface area contributed by atoms with Crippen LogP contribution in [0.5, 0.6) is 5.75 Å². The monoisotopic (exact) mass is 292 g/mol. The van der Waals surface area contributed by atoms with Crippen LogP contribution in [0, 0.1) is 0 Å². The van der Waals surface area contributed by atoms with Gasteiger partial charge in [0.25, 0.3) is 0 Å². The highest BCUT2D eigenvalue weighted by atomic mass is 16.5. The third kappa shape index (κ3) is 5.99. The molecule has 114 valence electrons. The average Bonchev–Trinajstić information content (AvgIpc) is 2.47. The Hall–Kier alpha value is -2.50. The van der Waals surface area contributed by atoms with Crippen molar-refractivity contribution in [1.82, 2.24) is 10.6 Å². The zero-order valence-electron chi connectivity index (χ0n) is 12.0. The molecule has 1 aromatic rings. The predicted octanol–water partition coefficient (Wildman–Crippen LogP) is 1.57. The van der Waals surface area contributed by atoms with Gasteiger partial charge in [-0.1, -0.05) is 18.2 Å². The molecule has 0 aliphatic heterocycles. The lowest BCUT2D eigenvalue weighted by atomic mass is 10.1. The first-order valence-electron chi connectivity index (χ1n) is 6.57. The molecule has 0 bridgehead atoms. The second-order valence-corrected chi connectivity index (χ2v) is 4.41. The molecule has 0 radical (unpaired) electrons. The second kappa shape index (κ2) is 8.63. The largest absolute Gasteiger partial charge is 0.497 e. The number of rotatable bonds is 8. The van der Waals surface area contributed by atoms with Crippen LogP contribution in [0.25, 0.3) is 0 Å². The molecule has 0 saturated carbocycles. The minimum atomic E-state index is -1.08. The van der Waals surface area contributed by atoms with Crippen LogP contribution in [-0.4, -0.2) is 36.8 Å². The summed E-state index contributed by atoms with van der Waals surface area (Å²) in [6.07, 6.45) is 2.29. The molecule has 0 fully saturated rings. The third-order valence-electron chi connectivity index (χ3n) is 2.86. The van der Waals surface area contributed by atoms with Crippen LogP contribution in [0.4, 0.5) is 4.79 Å². The molecule has 1 aromatic carbocycles. The fraction of sp³-hybridized carbons (Fsp3) is 0.333. The normalized spacial score (nSPS) is 11.3. The van der Waals surface area contributed by atoms with Gasteiger partial charge in [0.15, 0.2) is 0 Å². The summed E-state index contributed by atoms with van der Waals surface area (Å²) in [6, 6.07) is 6.06. The molecule has 1 unspecified atom stereocenters. The number of amides is 2. The lowest BCUT2D eigenvalue weighted by Gasteiger charge is -2.13. The van der Waals surface area contributed by atoms with Crippen molar-refractivity contribution >= 4 is 12.0 Å². The number of urea groups is 1. The number of benzene rings is 1. The van der Waals surface area contributed by atoms with Crippen molar-refractivity contribution < 1.29 is 19.4 Å². The Morgan fingerprint density at radius 2 is 2.05 bits per heavy atom. The quantitative estimate of drug-likeness (QED) is 0.635. The lowest BCUT2D eigenvalue weighted by molar-refractivity contribution is -0.139. The van der Waals surface area contributed by atoms with E-state index < -0.39 is 18.0 Å². The number of carbonyl (C=O) groups excluding carboxylic acids is 1. The van der Waals surface area contributed by atoms with Gasteiger partial charge in [-0.15, -0.1) is 6.58 Å². The van der Waals surface area contributed by atoms with Gasteiger partial charge >= 0.3 is 12.0 Å². The van der Waals surface area contributed by atoms with Gasteiger partial charge in [-0.3, -0.25) is 0 Å². The van der Waals surface area contributed by atoms with Crippen LogP contribution >= 0.6 is 0 Å². The van der Waals surface area contributed by atoms with E-state index >= 15 is 0 Å². The van der Waals surface area contributed by atoms with Crippen molar-refractivity contribution in [3.8, 4) is 5.75 Å². The Morgan fingerprint density at radius 1 is 1.38 bits per heavy atom. The fourth-order valence-corrected chi connectivity index (χ4v) is 1.71. The SMILES string of the molecule is C=CCC(NC(=O)NCCc1ccc(OC)cc1)C(=O)O. The molecular formula is C15H20N2O4. The number of nitrogens with one attached hydrogen (secondary N) is 2. The topological polar surface area (TPSA) is 87.7 Å². The molecule has 1 atom stereocenters. The van der Waals surface area contributed by atoms with Crippen molar-refractivity contribution in [2.45, 2.75) is 18.9 Å². The van der Waals surface area contributed by atoms with Crippen LogP contribution in [0.3, 0.4) is 0 Å². The van der Waals surface area contributed by atoms with E-state index in [-0.39, 0.29) is 6.42 Å². The van der Waals surface area contributed by atoms with Crippen molar-refractivity contribution in [3.05, 3.63) is 42.5 Å². The molecule has 0 aliphatic rings. The first kappa shape index (κ1) is 16.6. The number of methoxy groups -OCH3 is 1. The number of hydrogen-bond acceptors (Lipinski definition) is 3. The van der Waals surface area contributed by atoms with E-state index in [1.54, 1.807) is 7.11 Å². The highest BCUT2D eigenvalue weighted by Crippen LogP contribution is 2.11. The summed E-state index contributed by atoms with van der Waals surface area (Å²) < 4.78 is 5.06. The Labute approximate surface area is 123 Å². The van der Waals surface area contributed by atoms with Gasteiger partial charge in [0.2, 0.25) is 0 Å². The van der Waals surface area contributed by atoms with E-state index in [4.69, 9.17) is 9.84 Å². The van der Waals surface area contributed by atoms with Crippen molar-refractivity contribution in [2.24, 2.45) is 0 Å². The number of hydrogen-bond donors (Lipinski definition) is 3. The number of carbonyl (C=O) groups is 2. The summed E-state index contributed by atoms with van der Waals surface area (Å²) >= 11 is 0. The average molecular weight is 292 g/mol. The Bertz CT molecular complexity index is 485. The predicted molar refractivity (Wildman–Crippen MR) is 79.5 cm³/mol. The molecule has 21 heavy (non-hydrogen) atoms. The summed E-state index contributed by atoms with van der Waals surface area (Å²) in [5.74, 6) is -0.307. The van der Waals surface area contributed by atoms with Gasteiger partial charge in [0.1, 0.15) is 11.8 Å². The van der Waals surface area contributed by atoms with Crippen LogP contribution in [0.1, 0.15) is 12.0 Å². The lowest BCUT2D eigenvalue weighted by Crippen LogP contribution is -2.46. The molecule has 0 aromatic heterocycles. The zero-order chi connectivity index (χ0) is 15.7. The van der Waals surface area contributed by atoms with Crippen molar-refractivity contribution in [1.29, 1.82) is 0 Å². The molecule has 2 amide bonds. The van der Waals surface area contributed by atoms with E-state index in [1.807, 2.05) is 24.3 Å². The van der Waals surface area contributed by atoms with Gasteiger partial charge in [0, 0.05) is 6.54 Å². The van der Waals surface area contributed by atoms with Crippen LogP contribution in [0.2, 0.25) is 0 Å². The smallest absolute Gasteiger partial charge is 0.326 e. The Morgan fingerprint density at radius 3 is 2.57 bits per heavy atom. The highest BCUT2D eigenvalue weighted by molar-refractivity contribution is 5.82. The standard InChI is InChI=1S/C15H20N2O4/c1-3-4-13(14(18)19)17-15(20)16-10-9-11-5-7-12(21-2)8-6-11/h3,5-8,13H,1,4,9-10H2,2H3,(H,18,19)(H2,16,17,20). The zero-order valence-corrected chi connectivity index (χ0v) is 12.0. The highest BCUT2D eigenvalue weighted by Gasteiger charge is 2.17. The molecule has 3 N–H and O–H groups in total. The molecule has 6 nitrogen and oxygen atoms in total. The molecule has 6 heteroatoms. The number of ether oxygens (including phenoxy) is 1. The molecule has 1 rings (SSSR count). The van der Waals surface area contributed by atoms with Crippen molar-refractivity contribution in [3.63, 3.8) is 0 Å². The van der Waals surface area contributed by atoms with E-state index in [9.17, 15) is 9.59 Å². The summed E-state index contributed by atoms with van der Waals surface area (Å²) in [6.45, 7) is 3.88. The first-order valence-corrected chi connectivity index (χ1v) is 6.57. The number of carboxylic acids is 1. The van der Waals surface area contributed by atoms with E-state index in [0.29, 0.717) is 13.0 Å². The van der Waals surface area contributed by atoms with Crippen LogP contribution in [0.15, 0.2) is 36.9 Å². The first-order chi connectivity index (χ1) is 10.1. The minimum Gasteiger partial charge on any atom is -0.497 e. The molecule has 0 saturated heterocycles. The number of carboxylic acid groups (broad SMARTS) is 1. The molecule has 0 spiro atoms. The maximum absolute atomic E-state index is 11.6. The second-order valence-electron chi connectivity index (χ2n) is 4.41.